The van der Waals surface area contributed by atoms with Crippen LogP contribution in [0.5, 0.6) is 5.75 Å². The lowest BCUT2D eigenvalue weighted by atomic mass is 9.81. The van der Waals surface area contributed by atoms with E-state index >= 15 is 0 Å². The number of nitrogens with zero attached hydrogens (tertiary/aromatic N) is 2. The van der Waals surface area contributed by atoms with Crippen molar-refractivity contribution < 1.29 is 4.74 Å². The van der Waals surface area contributed by atoms with E-state index in [1.165, 1.54) is 22.5 Å². The molecule has 0 radical (unpaired) electrons. The van der Waals surface area contributed by atoms with Crippen molar-refractivity contribution in [2.45, 2.75) is 31.7 Å². The van der Waals surface area contributed by atoms with E-state index in [1.807, 2.05) is 12.1 Å². The van der Waals surface area contributed by atoms with Crippen LogP contribution < -0.4 is 9.64 Å². The van der Waals surface area contributed by atoms with Crippen molar-refractivity contribution >= 4 is 23.8 Å². The molecule has 0 saturated carbocycles. The molecule has 134 valence electrons. The van der Waals surface area contributed by atoms with Gasteiger partial charge >= 0.3 is 0 Å². The molecule has 0 N–H and O–H groups in total. The van der Waals surface area contributed by atoms with Crippen molar-refractivity contribution in [2.24, 2.45) is 4.99 Å². The summed E-state index contributed by atoms with van der Waals surface area (Å²) in [7, 11) is 5.83. The number of halogens is 1. The van der Waals surface area contributed by atoms with Gasteiger partial charge < -0.3 is 9.64 Å². The van der Waals surface area contributed by atoms with Gasteiger partial charge in [-0.2, -0.15) is 0 Å². The van der Waals surface area contributed by atoms with Crippen LogP contribution in [0.4, 0.5) is 5.69 Å². The molecule has 0 fully saturated rings. The Morgan fingerprint density at radius 2 is 1.60 bits per heavy atom. The van der Waals surface area contributed by atoms with E-state index in [9.17, 15) is 0 Å². The van der Waals surface area contributed by atoms with Crippen molar-refractivity contribution in [3.8, 4) is 5.75 Å². The van der Waals surface area contributed by atoms with Gasteiger partial charge in [0.25, 0.3) is 0 Å². The minimum absolute atomic E-state index is 0. The Balaban J connectivity index is 0.00000225. The topological polar surface area (TPSA) is 24.8 Å². The van der Waals surface area contributed by atoms with Crippen LogP contribution in [0.2, 0.25) is 0 Å². The molecule has 0 aromatic heterocycles. The molecule has 25 heavy (non-hydrogen) atoms. The fourth-order valence-electron chi connectivity index (χ4n) is 3.41. The number of rotatable bonds is 4. The first-order valence-corrected chi connectivity index (χ1v) is 8.41. The van der Waals surface area contributed by atoms with Gasteiger partial charge in [-0.15, -0.1) is 12.4 Å². The number of hydrogen-bond acceptors (Lipinski definition) is 3. The van der Waals surface area contributed by atoms with Gasteiger partial charge in [0, 0.05) is 31.4 Å². The standard InChI is InChI=1S/C21H26N2O.ClH/c1-21(2)19(15-6-10-17(11-7-15)23(3)4)14-20(22-21)16-8-12-18(24-5)13-9-16;/h6-13,19H,14H2,1-5H3;1H. The fourth-order valence-corrected chi connectivity index (χ4v) is 3.41. The lowest BCUT2D eigenvalue weighted by Gasteiger charge is -2.25. The lowest BCUT2D eigenvalue weighted by Crippen LogP contribution is -2.22. The van der Waals surface area contributed by atoms with Crippen LogP contribution in [0.1, 0.15) is 37.3 Å². The molecule has 0 amide bonds. The summed E-state index contributed by atoms with van der Waals surface area (Å²) in [5, 5.41) is 0. The van der Waals surface area contributed by atoms with E-state index in [-0.39, 0.29) is 17.9 Å². The van der Waals surface area contributed by atoms with Gasteiger partial charge in [0.2, 0.25) is 0 Å². The van der Waals surface area contributed by atoms with Crippen molar-refractivity contribution in [1.29, 1.82) is 0 Å². The molecule has 1 aliphatic rings. The number of aliphatic imine (C=N–C) groups is 1. The Bertz CT molecular complexity index is 733. The zero-order chi connectivity index (χ0) is 17.3. The van der Waals surface area contributed by atoms with Gasteiger partial charge in [-0.1, -0.05) is 12.1 Å². The normalized spacial score (nSPS) is 18.3. The van der Waals surface area contributed by atoms with Crippen LogP contribution in [-0.4, -0.2) is 32.5 Å². The molecule has 0 spiro atoms. The summed E-state index contributed by atoms with van der Waals surface area (Å²) in [4.78, 5) is 7.15. The third-order valence-electron chi connectivity index (χ3n) is 4.91. The lowest BCUT2D eigenvalue weighted by molar-refractivity contribution is 0.415. The van der Waals surface area contributed by atoms with Crippen molar-refractivity contribution in [3.05, 3.63) is 59.7 Å². The van der Waals surface area contributed by atoms with E-state index in [0.717, 1.165) is 12.2 Å². The molecule has 0 bridgehead atoms. The fraction of sp³-hybridized carbons (Fsp3) is 0.381. The first-order chi connectivity index (χ1) is 11.4. The maximum atomic E-state index is 5.25. The van der Waals surface area contributed by atoms with E-state index < -0.39 is 0 Å². The largest absolute Gasteiger partial charge is 0.497 e. The molecule has 0 aliphatic carbocycles. The highest BCUT2D eigenvalue weighted by Gasteiger charge is 2.37. The van der Waals surface area contributed by atoms with E-state index in [4.69, 9.17) is 9.73 Å². The van der Waals surface area contributed by atoms with Crippen molar-refractivity contribution in [2.75, 3.05) is 26.1 Å². The Labute approximate surface area is 157 Å². The highest BCUT2D eigenvalue weighted by atomic mass is 35.5. The number of methoxy groups -OCH3 is 1. The average Bonchev–Trinajstić information content (AvgIpc) is 2.90. The van der Waals surface area contributed by atoms with Crippen LogP contribution in [0, 0.1) is 0 Å². The molecule has 1 aliphatic heterocycles. The minimum Gasteiger partial charge on any atom is -0.497 e. The van der Waals surface area contributed by atoms with Crippen LogP contribution >= 0.6 is 12.4 Å². The molecule has 2 aromatic rings. The number of benzene rings is 2. The summed E-state index contributed by atoms with van der Waals surface area (Å²) in [5.41, 5.74) is 4.87. The summed E-state index contributed by atoms with van der Waals surface area (Å²) in [6.45, 7) is 4.46. The smallest absolute Gasteiger partial charge is 0.118 e. The van der Waals surface area contributed by atoms with Crippen LogP contribution in [0.3, 0.4) is 0 Å². The second-order valence-electron chi connectivity index (χ2n) is 7.18. The first kappa shape index (κ1) is 19.3. The number of hydrogen-bond donors (Lipinski definition) is 0. The zero-order valence-electron chi connectivity index (χ0n) is 15.6. The third-order valence-corrected chi connectivity index (χ3v) is 4.91. The van der Waals surface area contributed by atoms with E-state index in [0.29, 0.717) is 5.92 Å². The Kier molecular flexibility index (Phi) is 5.79. The molecule has 1 heterocycles. The zero-order valence-corrected chi connectivity index (χ0v) is 16.4. The van der Waals surface area contributed by atoms with Gasteiger partial charge in [-0.25, -0.2) is 0 Å². The second-order valence-corrected chi connectivity index (χ2v) is 7.18. The molecule has 0 saturated heterocycles. The van der Waals surface area contributed by atoms with Gasteiger partial charge in [0.05, 0.1) is 12.6 Å². The Morgan fingerprint density at radius 1 is 1.00 bits per heavy atom. The number of anilines is 1. The van der Waals surface area contributed by atoms with Crippen LogP contribution in [-0.2, 0) is 0 Å². The quantitative estimate of drug-likeness (QED) is 0.773. The molecule has 1 unspecified atom stereocenters. The first-order valence-electron chi connectivity index (χ1n) is 8.41. The van der Waals surface area contributed by atoms with Gasteiger partial charge in [-0.05, 0) is 67.8 Å². The summed E-state index contributed by atoms with van der Waals surface area (Å²) >= 11 is 0. The maximum absolute atomic E-state index is 5.25. The Morgan fingerprint density at radius 3 is 2.12 bits per heavy atom. The van der Waals surface area contributed by atoms with Crippen LogP contribution in [0.15, 0.2) is 53.5 Å². The molecular weight excluding hydrogens is 332 g/mol. The molecule has 3 rings (SSSR count). The van der Waals surface area contributed by atoms with Crippen molar-refractivity contribution in [3.63, 3.8) is 0 Å². The molecule has 1 atom stereocenters. The summed E-state index contributed by atoms with van der Waals surface area (Å²) in [5.74, 6) is 1.29. The molecule has 2 aromatic carbocycles. The second kappa shape index (κ2) is 7.49. The predicted molar refractivity (Wildman–Crippen MR) is 109 cm³/mol. The van der Waals surface area contributed by atoms with Gasteiger partial charge in [-0.3, -0.25) is 4.99 Å². The third kappa shape index (κ3) is 3.98. The van der Waals surface area contributed by atoms with Gasteiger partial charge in [0.15, 0.2) is 0 Å². The van der Waals surface area contributed by atoms with Crippen LogP contribution in [0.25, 0.3) is 0 Å². The summed E-state index contributed by atoms with van der Waals surface area (Å²) in [6, 6.07) is 17.1. The minimum atomic E-state index is -0.0884. The maximum Gasteiger partial charge on any atom is 0.118 e. The molecule has 4 heteroatoms. The highest BCUT2D eigenvalue weighted by Crippen LogP contribution is 2.41. The van der Waals surface area contributed by atoms with E-state index in [2.05, 4.69) is 69.2 Å². The SMILES string of the molecule is COc1ccc(C2=NC(C)(C)C(c3ccc(N(C)C)cc3)C2)cc1.Cl. The highest BCUT2D eigenvalue weighted by molar-refractivity contribution is 6.03. The molecular formula is C21H27ClN2O. The predicted octanol–water partition coefficient (Wildman–Crippen LogP) is 4.94. The summed E-state index contributed by atoms with van der Waals surface area (Å²) in [6.07, 6.45) is 0.973. The van der Waals surface area contributed by atoms with E-state index in [1.54, 1.807) is 7.11 Å². The summed E-state index contributed by atoms with van der Waals surface area (Å²) < 4.78 is 5.25. The average molecular weight is 359 g/mol. The Hall–Kier alpha value is -2.00. The van der Waals surface area contributed by atoms with Crippen molar-refractivity contribution in [1.82, 2.24) is 0 Å². The monoisotopic (exact) mass is 358 g/mol. The number of ether oxygens (including phenoxy) is 1. The van der Waals surface area contributed by atoms with Gasteiger partial charge in [0.1, 0.15) is 5.75 Å². The molecule has 3 nitrogen and oxygen atoms in total.